The Hall–Kier alpha value is -3.17. The van der Waals surface area contributed by atoms with Gasteiger partial charge in [0.25, 0.3) is 0 Å². The number of hydrogen-bond acceptors (Lipinski definition) is 5. The van der Waals surface area contributed by atoms with E-state index in [0.29, 0.717) is 0 Å². The first-order valence-corrected chi connectivity index (χ1v) is 7.09. The summed E-state index contributed by atoms with van der Waals surface area (Å²) in [4.78, 5) is 19.0. The van der Waals surface area contributed by atoms with Gasteiger partial charge in [-0.3, -0.25) is 9.78 Å². The van der Waals surface area contributed by atoms with E-state index < -0.39 is 52.7 Å². The molecule has 0 unspecified atom stereocenters. The highest BCUT2D eigenvalue weighted by molar-refractivity contribution is 5.98. The molecule has 0 amide bonds. The molecule has 5 nitrogen and oxygen atoms in total. The van der Waals surface area contributed by atoms with Gasteiger partial charge in [-0.2, -0.15) is 18.2 Å². The number of pyridine rings is 1. The molecule has 2 heterocycles. The highest BCUT2D eigenvalue weighted by atomic mass is 19.4. The van der Waals surface area contributed by atoms with E-state index in [4.69, 9.17) is 4.52 Å². The molecule has 0 saturated carbocycles. The summed E-state index contributed by atoms with van der Waals surface area (Å²) < 4.78 is 70.9. The topological polar surface area (TPSA) is 68.9 Å². The van der Waals surface area contributed by atoms with Gasteiger partial charge in [-0.05, 0) is 24.3 Å². The van der Waals surface area contributed by atoms with E-state index in [-0.39, 0.29) is 5.89 Å². The molecule has 3 aromatic rings. The third kappa shape index (κ3) is 3.44. The molecule has 0 aliphatic heterocycles. The molecule has 2 aromatic heterocycles. The van der Waals surface area contributed by atoms with Crippen molar-refractivity contribution in [2.45, 2.75) is 12.6 Å². The number of hydrogen-bond donors (Lipinski definition) is 0. The molecule has 0 radical (unpaired) electrons. The SMILES string of the molecule is O=C(Cc1nc(-c2c(F)cccc2F)no1)c1cccnc1C(F)(F)F. The van der Waals surface area contributed by atoms with Crippen molar-refractivity contribution >= 4 is 5.78 Å². The van der Waals surface area contributed by atoms with Crippen LogP contribution >= 0.6 is 0 Å². The lowest BCUT2D eigenvalue weighted by Gasteiger charge is -2.09. The summed E-state index contributed by atoms with van der Waals surface area (Å²) in [5, 5.41) is 3.37. The number of halogens is 5. The van der Waals surface area contributed by atoms with Crippen LogP contribution in [0.5, 0.6) is 0 Å². The number of alkyl halides is 3. The van der Waals surface area contributed by atoms with E-state index in [1.807, 2.05) is 0 Å². The summed E-state index contributed by atoms with van der Waals surface area (Å²) >= 11 is 0. The van der Waals surface area contributed by atoms with Gasteiger partial charge >= 0.3 is 6.18 Å². The van der Waals surface area contributed by atoms with Gasteiger partial charge in [-0.25, -0.2) is 8.78 Å². The van der Waals surface area contributed by atoms with Crippen molar-refractivity contribution in [3.8, 4) is 11.4 Å². The smallest absolute Gasteiger partial charge is 0.338 e. The van der Waals surface area contributed by atoms with Crippen LogP contribution in [-0.4, -0.2) is 20.9 Å². The lowest BCUT2D eigenvalue weighted by Crippen LogP contribution is -2.16. The van der Waals surface area contributed by atoms with Crippen LogP contribution in [0.1, 0.15) is 21.9 Å². The number of Topliss-reactive ketones (excluding diaryl/α,β-unsaturated/α-hetero) is 1. The third-order valence-corrected chi connectivity index (χ3v) is 3.34. The molecule has 26 heavy (non-hydrogen) atoms. The molecular weight excluding hydrogens is 361 g/mol. The molecule has 0 saturated heterocycles. The highest BCUT2D eigenvalue weighted by Gasteiger charge is 2.37. The fraction of sp³-hybridized carbons (Fsp3) is 0.125. The molecule has 3 rings (SSSR count). The number of ketones is 1. The van der Waals surface area contributed by atoms with E-state index in [1.165, 1.54) is 6.07 Å². The molecule has 0 atom stereocenters. The maximum Gasteiger partial charge on any atom is 0.434 e. The Balaban J connectivity index is 1.88. The summed E-state index contributed by atoms with van der Waals surface area (Å²) in [6, 6.07) is 5.23. The van der Waals surface area contributed by atoms with Gasteiger partial charge in [-0.15, -0.1) is 0 Å². The minimum absolute atomic E-state index is 0.385. The second-order valence-electron chi connectivity index (χ2n) is 5.11. The van der Waals surface area contributed by atoms with E-state index in [9.17, 15) is 26.7 Å². The van der Waals surface area contributed by atoms with Crippen LogP contribution in [0.25, 0.3) is 11.4 Å². The highest BCUT2D eigenvalue weighted by Crippen LogP contribution is 2.30. The molecule has 0 aliphatic carbocycles. The average molecular weight is 369 g/mol. The van der Waals surface area contributed by atoms with Crippen molar-refractivity contribution in [3.05, 3.63) is 65.3 Å². The lowest BCUT2D eigenvalue weighted by atomic mass is 10.1. The zero-order valence-electron chi connectivity index (χ0n) is 12.7. The molecule has 0 fully saturated rings. The third-order valence-electron chi connectivity index (χ3n) is 3.34. The molecule has 0 bridgehead atoms. The molecule has 10 heteroatoms. The first kappa shape index (κ1) is 17.6. The summed E-state index contributed by atoms with van der Waals surface area (Å²) in [6.45, 7) is 0. The molecule has 0 N–H and O–H groups in total. The normalized spacial score (nSPS) is 11.6. The number of nitrogens with zero attached hydrogens (tertiary/aromatic N) is 3. The number of benzene rings is 1. The molecule has 0 spiro atoms. The lowest BCUT2D eigenvalue weighted by molar-refractivity contribution is -0.141. The van der Waals surface area contributed by atoms with Gasteiger partial charge in [0.1, 0.15) is 11.6 Å². The predicted octanol–water partition coefficient (Wildman–Crippen LogP) is 3.85. The van der Waals surface area contributed by atoms with Gasteiger partial charge in [0.15, 0.2) is 11.5 Å². The Morgan fingerprint density at radius 3 is 2.42 bits per heavy atom. The van der Waals surface area contributed by atoms with Gasteiger partial charge in [0, 0.05) is 11.8 Å². The Morgan fingerprint density at radius 1 is 1.08 bits per heavy atom. The number of carbonyl (C=O) groups excluding carboxylic acids is 1. The monoisotopic (exact) mass is 369 g/mol. The minimum Gasteiger partial charge on any atom is -0.338 e. The summed E-state index contributed by atoms with van der Waals surface area (Å²) in [6.07, 6.45) is -4.59. The van der Waals surface area contributed by atoms with E-state index in [1.54, 1.807) is 0 Å². The van der Waals surface area contributed by atoms with Crippen LogP contribution in [0.4, 0.5) is 22.0 Å². The second kappa shape index (κ2) is 6.62. The Morgan fingerprint density at radius 2 is 1.77 bits per heavy atom. The van der Waals surface area contributed by atoms with Crippen LogP contribution in [-0.2, 0) is 12.6 Å². The van der Waals surface area contributed by atoms with Crippen LogP contribution in [0.3, 0.4) is 0 Å². The van der Waals surface area contributed by atoms with Crippen LogP contribution in [0.15, 0.2) is 41.1 Å². The first-order chi connectivity index (χ1) is 12.3. The number of rotatable bonds is 4. The maximum absolute atomic E-state index is 13.7. The number of carbonyl (C=O) groups is 1. The van der Waals surface area contributed by atoms with Crippen molar-refractivity contribution in [1.29, 1.82) is 0 Å². The first-order valence-electron chi connectivity index (χ1n) is 7.09. The van der Waals surface area contributed by atoms with E-state index in [2.05, 4.69) is 15.1 Å². The second-order valence-corrected chi connectivity index (χ2v) is 5.11. The minimum atomic E-state index is -4.82. The predicted molar refractivity (Wildman–Crippen MR) is 76.9 cm³/mol. The standard InChI is InChI=1S/C16H8F5N3O2/c17-9-4-1-5-10(18)13(9)15-23-12(26-24-15)7-11(25)8-3-2-6-22-14(8)16(19,20)21/h1-6H,7H2. The van der Waals surface area contributed by atoms with Gasteiger partial charge in [-0.1, -0.05) is 11.2 Å². The number of aromatic nitrogens is 3. The largest absolute Gasteiger partial charge is 0.434 e. The van der Waals surface area contributed by atoms with E-state index in [0.717, 1.165) is 30.5 Å². The van der Waals surface area contributed by atoms with Crippen LogP contribution in [0, 0.1) is 11.6 Å². The van der Waals surface area contributed by atoms with Crippen LogP contribution < -0.4 is 0 Å². The zero-order chi connectivity index (χ0) is 18.9. The molecule has 1 aromatic carbocycles. The van der Waals surface area contributed by atoms with Crippen molar-refractivity contribution in [2.24, 2.45) is 0 Å². The van der Waals surface area contributed by atoms with Gasteiger partial charge in [0.05, 0.1) is 12.0 Å². The van der Waals surface area contributed by atoms with Crippen molar-refractivity contribution in [1.82, 2.24) is 15.1 Å². The quantitative estimate of drug-likeness (QED) is 0.516. The van der Waals surface area contributed by atoms with Gasteiger partial charge < -0.3 is 4.52 Å². The van der Waals surface area contributed by atoms with Crippen molar-refractivity contribution in [3.63, 3.8) is 0 Å². The molecule has 0 aliphatic rings. The van der Waals surface area contributed by atoms with E-state index >= 15 is 0 Å². The summed E-state index contributed by atoms with van der Waals surface area (Å²) in [5.41, 5.74) is -2.57. The Kier molecular flexibility index (Phi) is 4.49. The fourth-order valence-corrected chi connectivity index (χ4v) is 2.23. The Bertz CT molecular complexity index is 948. The Labute approximate surface area is 142 Å². The van der Waals surface area contributed by atoms with Gasteiger partial charge in [0.2, 0.25) is 11.7 Å². The maximum atomic E-state index is 13.7. The molecular formula is C16H8F5N3O2. The molecule has 134 valence electrons. The van der Waals surface area contributed by atoms with Crippen molar-refractivity contribution < 1.29 is 31.3 Å². The average Bonchev–Trinajstić information content (AvgIpc) is 3.02. The van der Waals surface area contributed by atoms with Crippen LogP contribution in [0.2, 0.25) is 0 Å². The summed E-state index contributed by atoms with van der Waals surface area (Å²) in [7, 11) is 0. The van der Waals surface area contributed by atoms with Crippen molar-refractivity contribution in [2.75, 3.05) is 0 Å². The fourth-order valence-electron chi connectivity index (χ4n) is 2.23. The summed E-state index contributed by atoms with van der Waals surface area (Å²) in [5.74, 6) is -3.71. The zero-order valence-corrected chi connectivity index (χ0v) is 12.7.